The van der Waals surface area contributed by atoms with E-state index in [-0.39, 0.29) is 17.1 Å². The normalized spacial score (nSPS) is 16.3. The summed E-state index contributed by atoms with van der Waals surface area (Å²) in [6, 6.07) is 12.4. The molecule has 118 valence electrons. The maximum absolute atomic E-state index is 12.3. The van der Waals surface area contributed by atoms with E-state index < -0.39 is 0 Å². The summed E-state index contributed by atoms with van der Waals surface area (Å²) in [5.41, 5.74) is 1.86. The van der Waals surface area contributed by atoms with Gasteiger partial charge in [-0.25, -0.2) is 0 Å². The second-order valence-electron chi connectivity index (χ2n) is 5.14. The lowest BCUT2D eigenvalue weighted by atomic mass is 10.1. The van der Waals surface area contributed by atoms with E-state index in [1.54, 1.807) is 43.5 Å². The Labute approximate surface area is 138 Å². The summed E-state index contributed by atoms with van der Waals surface area (Å²) in [7, 11) is 1.59. The van der Waals surface area contributed by atoms with Gasteiger partial charge in [-0.2, -0.15) is 0 Å². The number of hydrogen-bond acceptors (Lipinski definition) is 4. The van der Waals surface area contributed by atoms with E-state index in [4.69, 9.17) is 4.74 Å². The Kier molecular flexibility index (Phi) is 4.25. The van der Waals surface area contributed by atoms with Crippen molar-refractivity contribution >= 4 is 35.0 Å². The quantitative estimate of drug-likeness (QED) is 0.906. The van der Waals surface area contributed by atoms with Crippen molar-refractivity contribution in [2.45, 2.75) is 17.1 Å². The molecule has 1 heterocycles. The summed E-state index contributed by atoms with van der Waals surface area (Å²) in [5, 5.41) is 5.53. The molecule has 0 fully saturated rings. The van der Waals surface area contributed by atoms with E-state index in [1.165, 1.54) is 11.8 Å². The average Bonchev–Trinajstić information content (AvgIpc) is 2.56. The Hall–Kier alpha value is -2.47. The molecule has 2 amide bonds. The molecule has 2 aromatic carbocycles. The van der Waals surface area contributed by atoms with Crippen LogP contribution in [0.5, 0.6) is 5.75 Å². The second-order valence-corrected chi connectivity index (χ2v) is 6.53. The van der Waals surface area contributed by atoms with Crippen molar-refractivity contribution in [1.29, 1.82) is 0 Å². The fraction of sp³-hybridized carbons (Fsp3) is 0.176. The number of carbonyl (C=O) groups excluding carboxylic acids is 2. The molecule has 0 unspecified atom stereocenters. The van der Waals surface area contributed by atoms with Crippen molar-refractivity contribution in [1.82, 2.24) is 0 Å². The Morgan fingerprint density at radius 1 is 1.22 bits per heavy atom. The fourth-order valence-electron chi connectivity index (χ4n) is 2.23. The highest BCUT2D eigenvalue weighted by atomic mass is 32.2. The minimum atomic E-state index is -0.226. The maximum Gasteiger partial charge on any atom is 0.255 e. The summed E-state index contributed by atoms with van der Waals surface area (Å²) in [5.74, 6) is 0.455. The summed E-state index contributed by atoms with van der Waals surface area (Å²) in [4.78, 5) is 25.1. The molecule has 2 N–H and O–H groups in total. The third kappa shape index (κ3) is 3.32. The molecule has 0 bridgehead atoms. The molecule has 0 spiro atoms. The summed E-state index contributed by atoms with van der Waals surface area (Å²) < 4.78 is 5.08. The molecule has 0 saturated heterocycles. The van der Waals surface area contributed by atoms with E-state index in [0.717, 1.165) is 10.6 Å². The van der Waals surface area contributed by atoms with Gasteiger partial charge in [-0.05, 0) is 49.4 Å². The summed E-state index contributed by atoms with van der Waals surface area (Å²) >= 11 is 1.49. The predicted octanol–water partition coefficient (Wildman–Crippen LogP) is 3.38. The van der Waals surface area contributed by atoms with E-state index in [9.17, 15) is 9.59 Å². The highest BCUT2D eigenvalue weighted by Gasteiger charge is 2.23. The molecule has 3 rings (SSSR count). The molecular formula is C17H16N2O3S. The SMILES string of the molecule is COc1ccc(NC(=O)c2ccc3c(c2)NC(=O)[C@@H](C)S3)cc1. The molecule has 6 heteroatoms. The number of thioether (sulfide) groups is 1. The maximum atomic E-state index is 12.3. The lowest BCUT2D eigenvalue weighted by Gasteiger charge is -2.21. The van der Waals surface area contributed by atoms with Crippen LogP contribution in [0.4, 0.5) is 11.4 Å². The van der Waals surface area contributed by atoms with Crippen LogP contribution in [0.15, 0.2) is 47.4 Å². The number of methoxy groups -OCH3 is 1. The van der Waals surface area contributed by atoms with Crippen LogP contribution in [-0.2, 0) is 4.79 Å². The van der Waals surface area contributed by atoms with Crippen molar-refractivity contribution in [3.63, 3.8) is 0 Å². The van der Waals surface area contributed by atoms with Gasteiger partial charge in [0.2, 0.25) is 5.91 Å². The highest BCUT2D eigenvalue weighted by Crippen LogP contribution is 2.36. The Morgan fingerprint density at radius 3 is 2.65 bits per heavy atom. The third-order valence-corrected chi connectivity index (χ3v) is 4.70. The van der Waals surface area contributed by atoms with Gasteiger partial charge in [0.1, 0.15) is 5.75 Å². The average molecular weight is 328 g/mol. The van der Waals surface area contributed by atoms with Gasteiger partial charge in [0, 0.05) is 16.1 Å². The van der Waals surface area contributed by atoms with Gasteiger partial charge < -0.3 is 15.4 Å². The minimum Gasteiger partial charge on any atom is -0.497 e. The first-order valence-corrected chi connectivity index (χ1v) is 8.02. The van der Waals surface area contributed by atoms with Gasteiger partial charge in [-0.15, -0.1) is 11.8 Å². The molecule has 23 heavy (non-hydrogen) atoms. The zero-order valence-corrected chi connectivity index (χ0v) is 13.6. The van der Waals surface area contributed by atoms with Crippen LogP contribution in [0.2, 0.25) is 0 Å². The summed E-state index contributed by atoms with van der Waals surface area (Å²) in [6.07, 6.45) is 0. The summed E-state index contributed by atoms with van der Waals surface area (Å²) in [6.45, 7) is 1.85. The lowest BCUT2D eigenvalue weighted by Crippen LogP contribution is -2.26. The van der Waals surface area contributed by atoms with E-state index in [1.807, 2.05) is 13.0 Å². The molecule has 0 radical (unpaired) electrons. The first-order valence-electron chi connectivity index (χ1n) is 7.14. The molecule has 0 saturated carbocycles. The predicted molar refractivity (Wildman–Crippen MR) is 91.3 cm³/mol. The molecule has 5 nitrogen and oxygen atoms in total. The number of rotatable bonds is 3. The van der Waals surface area contributed by atoms with Gasteiger partial charge in [-0.3, -0.25) is 9.59 Å². The van der Waals surface area contributed by atoms with E-state index in [0.29, 0.717) is 16.9 Å². The van der Waals surface area contributed by atoms with Gasteiger partial charge >= 0.3 is 0 Å². The molecule has 0 aromatic heterocycles. The van der Waals surface area contributed by atoms with Crippen molar-refractivity contribution in [3.05, 3.63) is 48.0 Å². The number of nitrogens with one attached hydrogen (secondary N) is 2. The van der Waals surface area contributed by atoms with Crippen molar-refractivity contribution in [3.8, 4) is 5.75 Å². The Morgan fingerprint density at radius 2 is 1.96 bits per heavy atom. The molecular weight excluding hydrogens is 312 g/mol. The monoisotopic (exact) mass is 328 g/mol. The molecule has 1 aliphatic rings. The zero-order chi connectivity index (χ0) is 16.4. The van der Waals surface area contributed by atoms with Crippen LogP contribution in [0.3, 0.4) is 0 Å². The minimum absolute atomic E-state index is 0.0461. The van der Waals surface area contributed by atoms with Gasteiger partial charge in [0.15, 0.2) is 0 Å². The number of ether oxygens (including phenoxy) is 1. The van der Waals surface area contributed by atoms with Crippen LogP contribution >= 0.6 is 11.8 Å². The number of hydrogen-bond donors (Lipinski definition) is 2. The molecule has 2 aromatic rings. The van der Waals surface area contributed by atoms with Crippen LogP contribution in [0.1, 0.15) is 17.3 Å². The molecule has 0 aliphatic carbocycles. The zero-order valence-electron chi connectivity index (χ0n) is 12.8. The standard InChI is InChI=1S/C17H16N2O3S/c1-10-16(20)19-14-9-11(3-8-15(14)23-10)17(21)18-12-4-6-13(22-2)7-5-12/h3-10H,1-2H3,(H,18,21)(H,19,20)/t10-/m1/s1. The van der Waals surface area contributed by atoms with Crippen molar-refractivity contribution in [2.75, 3.05) is 17.7 Å². The van der Waals surface area contributed by atoms with Gasteiger partial charge in [0.05, 0.1) is 18.0 Å². The number of fused-ring (bicyclic) bond motifs is 1. The van der Waals surface area contributed by atoms with Gasteiger partial charge in [0.25, 0.3) is 5.91 Å². The van der Waals surface area contributed by atoms with Crippen LogP contribution in [0.25, 0.3) is 0 Å². The van der Waals surface area contributed by atoms with E-state index >= 15 is 0 Å². The topological polar surface area (TPSA) is 67.4 Å². The third-order valence-electron chi connectivity index (χ3n) is 3.52. The van der Waals surface area contributed by atoms with Crippen LogP contribution < -0.4 is 15.4 Å². The van der Waals surface area contributed by atoms with Gasteiger partial charge in [-0.1, -0.05) is 0 Å². The van der Waals surface area contributed by atoms with Crippen molar-refractivity contribution < 1.29 is 14.3 Å². The van der Waals surface area contributed by atoms with Crippen LogP contribution in [-0.4, -0.2) is 24.2 Å². The number of benzene rings is 2. The Bertz CT molecular complexity index is 759. The second kappa shape index (κ2) is 6.34. The largest absolute Gasteiger partial charge is 0.497 e. The number of carbonyl (C=O) groups is 2. The van der Waals surface area contributed by atoms with Crippen LogP contribution in [0, 0.1) is 0 Å². The molecule has 1 aliphatic heterocycles. The molecule has 1 atom stereocenters. The highest BCUT2D eigenvalue weighted by molar-refractivity contribution is 8.00. The first kappa shape index (κ1) is 15.4. The number of amides is 2. The van der Waals surface area contributed by atoms with E-state index in [2.05, 4.69) is 10.6 Å². The first-order chi connectivity index (χ1) is 11.1. The fourth-order valence-corrected chi connectivity index (χ4v) is 3.16. The smallest absolute Gasteiger partial charge is 0.255 e. The Balaban J connectivity index is 1.77. The number of anilines is 2. The lowest BCUT2D eigenvalue weighted by molar-refractivity contribution is -0.115. The van der Waals surface area contributed by atoms with Crippen molar-refractivity contribution in [2.24, 2.45) is 0 Å².